The first-order chi connectivity index (χ1) is 30.5. The van der Waals surface area contributed by atoms with Crippen molar-refractivity contribution in [3.05, 3.63) is 126 Å². The van der Waals surface area contributed by atoms with Crippen LogP contribution in [-0.2, 0) is 38.4 Å². The van der Waals surface area contributed by atoms with Gasteiger partial charge in [0.2, 0.25) is 11.8 Å². The monoisotopic (exact) mass is 892 g/mol. The molecular weight excluding hydrogens is 825 g/mol. The Morgan fingerprint density at radius 3 is 1.95 bits per heavy atom. The highest BCUT2D eigenvalue weighted by atomic mass is 32.2. The molecule has 0 aliphatic carbocycles. The van der Waals surface area contributed by atoms with E-state index in [2.05, 4.69) is 27.9 Å². The van der Waals surface area contributed by atoms with Crippen LogP contribution < -0.4 is 16.0 Å². The quantitative estimate of drug-likeness (QED) is 0.0751. The Morgan fingerprint density at radius 1 is 0.750 bits per heavy atom. The minimum absolute atomic E-state index is 0.176. The van der Waals surface area contributed by atoms with Crippen LogP contribution in [0.25, 0.3) is 11.3 Å². The largest absolute Gasteiger partial charge is 0.453 e. The van der Waals surface area contributed by atoms with Crippen molar-refractivity contribution in [2.75, 3.05) is 26.0 Å². The number of hydrogen-bond donors (Lipinski definition) is 3. The SMILES string of the molecule is CCSC(C)O[C@@H](C[C@H](Cc1ccc(-c2ccccn2)cc1)NC(=O)[C@@H](NC(=O)OC)C(C)(C)C)[C@H](Cc1ccccc1)NC(=O)[C@@H](N1CCN(Cc2ccccc2)C1=O)C(C)(C)C. The summed E-state index contributed by atoms with van der Waals surface area (Å²) < 4.78 is 11.9. The predicted octanol–water partition coefficient (Wildman–Crippen LogP) is 8.50. The normalized spacial score (nSPS) is 16.0. The molecule has 5 rings (SSSR count). The number of hydrogen-bond acceptors (Lipinski definition) is 8. The van der Waals surface area contributed by atoms with E-state index in [9.17, 15) is 14.4 Å². The summed E-state index contributed by atoms with van der Waals surface area (Å²) in [6.07, 6.45) is 1.61. The Balaban J connectivity index is 1.52. The first-order valence-corrected chi connectivity index (χ1v) is 23.4. The van der Waals surface area contributed by atoms with E-state index in [-0.39, 0.29) is 23.3 Å². The molecule has 0 bridgehead atoms. The molecule has 0 saturated carbocycles. The summed E-state index contributed by atoms with van der Waals surface area (Å²) in [6.45, 7) is 17.1. The van der Waals surface area contributed by atoms with Gasteiger partial charge in [0, 0.05) is 37.4 Å². The molecular formula is C51H68N6O6S. The van der Waals surface area contributed by atoms with E-state index in [0.717, 1.165) is 33.7 Å². The molecule has 344 valence electrons. The van der Waals surface area contributed by atoms with Gasteiger partial charge in [0.05, 0.1) is 24.9 Å². The second kappa shape index (κ2) is 23.0. The zero-order chi connectivity index (χ0) is 46.4. The van der Waals surface area contributed by atoms with Gasteiger partial charge >= 0.3 is 12.1 Å². The van der Waals surface area contributed by atoms with Gasteiger partial charge in [-0.25, -0.2) is 9.59 Å². The smallest absolute Gasteiger partial charge is 0.407 e. The number of thioether (sulfide) groups is 1. The van der Waals surface area contributed by atoms with Crippen LogP contribution in [0.4, 0.5) is 9.59 Å². The van der Waals surface area contributed by atoms with Crippen LogP contribution in [-0.4, -0.2) is 100 Å². The van der Waals surface area contributed by atoms with E-state index in [1.807, 2.05) is 152 Å². The van der Waals surface area contributed by atoms with Crippen molar-refractivity contribution in [3.63, 3.8) is 0 Å². The van der Waals surface area contributed by atoms with Gasteiger partial charge in [-0.3, -0.25) is 14.6 Å². The summed E-state index contributed by atoms with van der Waals surface area (Å²) in [5.74, 6) is 0.168. The fourth-order valence-corrected chi connectivity index (χ4v) is 8.96. The van der Waals surface area contributed by atoms with Crippen molar-refractivity contribution in [2.45, 2.75) is 117 Å². The van der Waals surface area contributed by atoms with Crippen molar-refractivity contribution in [1.82, 2.24) is 30.7 Å². The molecule has 64 heavy (non-hydrogen) atoms. The number of amides is 5. The van der Waals surface area contributed by atoms with Gasteiger partial charge in [-0.2, -0.15) is 0 Å². The number of methoxy groups -OCH3 is 1. The molecule has 4 aromatic rings. The third kappa shape index (κ3) is 14.3. The molecule has 3 aromatic carbocycles. The molecule has 12 nitrogen and oxygen atoms in total. The van der Waals surface area contributed by atoms with Crippen LogP contribution in [0.15, 0.2) is 109 Å². The van der Waals surface area contributed by atoms with Crippen molar-refractivity contribution in [1.29, 1.82) is 0 Å². The number of nitrogens with one attached hydrogen (secondary N) is 3. The average Bonchev–Trinajstić information content (AvgIpc) is 3.60. The summed E-state index contributed by atoms with van der Waals surface area (Å²) in [5, 5.41) is 9.48. The van der Waals surface area contributed by atoms with Crippen LogP contribution in [0.2, 0.25) is 0 Å². The number of urea groups is 1. The van der Waals surface area contributed by atoms with Gasteiger partial charge in [0.15, 0.2) is 0 Å². The minimum Gasteiger partial charge on any atom is -0.453 e. The molecule has 6 atom stereocenters. The van der Waals surface area contributed by atoms with Gasteiger partial charge in [-0.1, -0.05) is 139 Å². The van der Waals surface area contributed by atoms with E-state index in [0.29, 0.717) is 38.9 Å². The highest BCUT2D eigenvalue weighted by Crippen LogP contribution is 2.30. The summed E-state index contributed by atoms with van der Waals surface area (Å²) in [5.41, 5.74) is 3.27. The van der Waals surface area contributed by atoms with E-state index in [1.54, 1.807) is 27.8 Å². The topological polar surface area (TPSA) is 142 Å². The number of carbonyl (C=O) groups excluding carboxylic acids is 4. The molecule has 1 aliphatic heterocycles. The second-order valence-electron chi connectivity index (χ2n) is 18.6. The molecule has 1 aromatic heterocycles. The summed E-state index contributed by atoms with van der Waals surface area (Å²) in [4.78, 5) is 64.1. The number of pyridine rings is 1. The summed E-state index contributed by atoms with van der Waals surface area (Å²) >= 11 is 1.65. The second-order valence-corrected chi connectivity index (χ2v) is 20.2. The lowest BCUT2D eigenvalue weighted by Gasteiger charge is -2.39. The molecule has 1 unspecified atom stereocenters. The lowest BCUT2D eigenvalue weighted by atomic mass is 9.84. The standard InChI is InChI=1S/C51H68N6O6S/c1-10-64-35(2)63-43(33-40(53-46(58)44(50(3,4)5)55-48(60)62-9)31-37-24-26-39(27-25-37)41-23-17-18-28-52-41)42(32-36-19-13-11-14-20-36)54-47(59)45(51(6,7)8)57-30-29-56(49(57)61)34-38-21-15-12-16-22-38/h11-28,35,40,42-45H,10,29-34H2,1-9H3,(H,53,58)(H,54,59)(H,55,60)/t35?,40-,42-,43-,44+,45+/m0/s1. The number of alkyl carbamates (subject to hydrolysis) is 1. The number of rotatable bonds is 20. The molecule has 1 fully saturated rings. The molecule has 1 saturated heterocycles. The fraction of sp³-hybridized carbons (Fsp3) is 0.471. The summed E-state index contributed by atoms with van der Waals surface area (Å²) in [7, 11) is 1.27. The maximum absolute atomic E-state index is 15.0. The molecule has 3 N–H and O–H groups in total. The average molecular weight is 893 g/mol. The van der Waals surface area contributed by atoms with Crippen molar-refractivity contribution < 1.29 is 28.7 Å². The van der Waals surface area contributed by atoms with Gasteiger partial charge in [0.25, 0.3) is 0 Å². The zero-order valence-electron chi connectivity index (χ0n) is 39.0. The van der Waals surface area contributed by atoms with Crippen LogP contribution >= 0.6 is 11.8 Å². The first kappa shape index (κ1) is 49.6. The van der Waals surface area contributed by atoms with Crippen LogP contribution in [0, 0.1) is 10.8 Å². The van der Waals surface area contributed by atoms with E-state index in [1.165, 1.54) is 7.11 Å². The lowest BCUT2D eigenvalue weighted by molar-refractivity contribution is -0.131. The Hall–Kier alpha value is -5.40. The Morgan fingerprint density at radius 2 is 1.38 bits per heavy atom. The molecule has 13 heteroatoms. The number of aromatic nitrogens is 1. The number of carbonyl (C=O) groups is 4. The highest BCUT2D eigenvalue weighted by molar-refractivity contribution is 7.99. The van der Waals surface area contributed by atoms with E-state index in [4.69, 9.17) is 9.47 Å². The van der Waals surface area contributed by atoms with Gasteiger partial charge in [-0.15, -0.1) is 11.8 Å². The fourth-order valence-electron chi connectivity index (χ4n) is 8.27. The number of nitrogens with zero attached hydrogens (tertiary/aromatic N) is 3. The third-order valence-electron chi connectivity index (χ3n) is 11.4. The molecule has 0 spiro atoms. The molecule has 5 amide bonds. The molecule has 0 radical (unpaired) electrons. The Kier molecular flexibility index (Phi) is 17.8. The van der Waals surface area contributed by atoms with Gasteiger partial charge in [-0.05, 0) is 71.6 Å². The maximum Gasteiger partial charge on any atom is 0.407 e. The number of benzene rings is 3. The predicted molar refractivity (Wildman–Crippen MR) is 255 cm³/mol. The van der Waals surface area contributed by atoms with Crippen molar-refractivity contribution in [3.8, 4) is 11.3 Å². The van der Waals surface area contributed by atoms with Gasteiger partial charge in [0.1, 0.15) is 17.5 Å². The van der Waals surface area contributed by atoms with E-state index < -0.39 is 47.2 Å². The minimum atomic E-state index is -0.922. The Bertz CT molecular complexity index is 2100. The first-order valence-electron chi connectivity index (χ1n) is 22.3. The van der Waals surface area contributed by atoms with Crippen molar-refractivity contribution in [2.24, 2.45) is 10.8 Å². The van der Waals surface area contributed by atoms with Crippen LogP contribution in [0.1, 0.15) is 78.5 Å². The molecule has 2 heterocycles. The summed E-state index contributed by atoms with van der Waals surface area (Å²) in [6, 6.07) is 30.8. The van der Waals surface area contributed by atoms with E-state index >= 15 is 4.79 Å². The zero-order valence-corrected chi connectivity index (χ0v) is 39.8. The number of ether oxygens (including phenoxy) is 2. The maximum atomic E-state index is 15.0. The third-order valence-corrected chi connectivity index (χ3v) is 12.3. The lowest BCUT2D eigenvalue weighted by Crippen LogP contribution is -2.60. The van der Waals surface area contributed by atoms with Crippen molar-refractivity contribution >= 4 is 35.7 Å². The highest BCUT2D eigenvalue weighted by Gasteiger charge is 2.45. The molecule has 1 aliphatic rings. The van der Waals surface area contributed by atoms with Crippen LogP contribution in [0.3, 0.4) is 0 Å². The van der Waals surface area contributed by atoms with Crippen LogP contribution in [0.5, 0.6) is 0 Å². The van der Waals surface area contributed by atoms with Gasteiger partial charge < -0.3 is 35.2 Å². The Labute approximate surface area is 384 Å².